The van der Waals surface area contributed by atoms with E-state index in [9.17, 15) is 0 Å². The standard InChI is InChI=1S/C17H21N3/c1-10-2-7-16-15(8-10)19-17(20(16)12-4-5-12)13-9-11-3-6-14(13)18-11/h2,7-8,11-14,18H,3-6,9H2,1H3. The molecule has 5 rings (SSSR count). The summed E-state index contributed by atoms with van der Waals surface area (Å²) in [6, 6.07) is 8.90. The number of nitrogens with zero attached hydrogens (tertiary/aromatic N) is 2. The first kappa shape index (κ1) is 11.3. The summed E-state index contributed by atoms with van der Waals surface area (Å²) in [6.07, 6.45) is 6.66. The third-order valence-electron chi connectivity index (χ3n) is 5.42. The predicted molar refractivity (Wildman–Crippen MR) is 80.0 cm³/mol. The molecule has 1 aromatic heterocycles. The molecule has 1 aromatic carbocycles. The van der Waals surface area contributed by atoms with Crippen LogP contribution < -0.4 is 5.32 Å². The van der Waals surface area contributed by atoms with Crippen molar-refractivity contribution in [2.45, 2.75) is 63.1 Å². The Labute approximate surface area is 119 Å². The van der Waals surface area contributed by atoms with Gasteiger partial charge in [0.2, 0.25) is 0 Å². The minimum Gasteiger partial charge on any atom is -0.325 e. The quantitative estimate of drug-likeness (QED) is 0.905. The van der Waals surface area contributed by atoms with E-state index < -0.39 is 0 Å². The van der Waals surface area contributed by atoms with E-state index in [-0.39, 0.29) is 0 Å². The van der Waals surface area contributed by atoms with Crippen LogP contribution in [-0.2, 0) is 0 Å². The van der Waals surface area contributed by atoms with Crippen LogP contribution in [0.3, 0.4) is 0 Å². The highest BCUT2D eigenvalue weighted by molar-refractivity contribution is 5.77. The Bertz CT molecular complexity index is 683. The molecule has 104 valence electrons. The highest BCUT2D eigenvalue weighted by Gasteiger charge is 2.43. The van der Waals surface area contributed by atoms with E-state index >= 15 is 0 Å². The second kappa shape index (κ2) is 3.85. The summed E-state index contributed by atoms with van der Waals surface area (Å²) in [7, 11) is 0. The van der Waals surface area contributed by atoms with Gasteiger partial charge < -0.3 is 9.88 Å². The average molecular weight is 267 g/mol. The summed E-state index contributed by atoms with van der Waals surface area (Å²) in [4.78, 5) is 5.06. The Morgan fingerprint density at radius 2 is 2.10 bits per heavy atom. The Kier molecular flexibility index (Phi) is 2.18. The van der Waals surface area contributed by atoms with Gasteiger partial charge in [-0.3, -0.25) is 0 Å². The van der Waals surface area contributed by atoms with Crippen LogP contribution in [0, 0.1) is 6.92 Å². The zero-order chi connectivity index (χ0) is 13.3. The third kappa shape index (κ3) is 1.53. The highest BCUT2D eigenvalue weighted by atomic mass is 15.2. The van der Waals surface area contributed by atoms with Crippen molar-refractivity contribution in [2.75, 3.05) is 0 Å². The molecule has 20 heavy (non-hydrogen) atoms. The zero-order valence-corrected chi connectivity index (χ0v) is 12.0. The van der Waals surface area contributed by atoms with Gasteiger partial charge in [-0.2, -0.15) is 0 Å². The first-order valence-electron chi connectivity index (χ1n) is 8.04. The molecule has 0 spiro atoms. The summed E-state index contributed by atoms with van der Waals surface area (Å²) >= 11 is 0. The predicted octanol–water partition coefficient (Wildman–Crippen LogP) is 3.29. The summed E-state index contributed by atoms with van der Waals surface area (Å²) in [6.45, 7) is 2.16. The number of fused-ring (bicyclic) bond motifs is 3. The van der Waals surface area contributed by atoms with E-state index in [1.807, 2.05) is 0 Å². The number of nitrogens with one attached hydrogen (secondary N) is 1. The van der Waals surface area contributed by atoms with Gasteiger partial charge in [-0.05, 0) is 56.7 Å². The third-order valence-corrected chi connectivity index (χ3v) is 5.42. The van der Waals surface area contributed by atoms with Crippen LogP contribution in [0.25, 0.3) is 11.0 Å². The van der Waals surface area contributed by atoms with E-state index in [0.29, 0.717) is 12.0 Å². The topological polar surface area (TPSA) is 29.9 Å². The lowest BCUT2D eigenvalue weighted by Gasteiger charge is -2.21. The van der Waals surface area contributed by atoms with Gasteiger partial charge in [0.05, 0.1) is 11.0 Å². The van der Waals surface area contributed by atoms with E-state index in [0.717, 1.165) is 12.1 Å². The van der Waals surface area contributed by atoms with Gasteiger partial charge in [-0.1, -0.05) is 6.07 Å². The van der Waals surface area contributed by atoms with Crippen LogP contribution in [0.5, 0.6) is 0 Å². The maximum absolute atomic E-state index is 5.06. The molecule has 2 aromatic rings. The number of hydrogen-bond acceptors (Lipinski definition) is 2. The SMILES string of the molecule is Cc1ccc2c(c1)nc(C1CC3CCC1N3)n2C1CC1. The molecule has 3 fully saturated rings. The van der Waals surface area contributed by atoms with Crippen molar-refractivity contribution >= 4 is 11.0 Å². The van der Waals surface area contributed by atoms with Gasteiger partial charge in [0.25, 0.3) is 0 Å². The number of hydrogen-bond donors (Lipinski definition) is 1. The maximum Gasteiger partial charge on any atom is 0.114 e. The Morgan fingerprint density at radius 1 is 1.20 bits per heavy atom. The molecule has 3 nitrogen and oxygen atoms in total. The molecular formula is C17H21N3. The van der Waals surface area contributed by atoms with Crippen LogP contribution in [0.1, 0.15) is 55.5 Å². The Balaban J connectivity index is 1.68. The van der Waals surface area contributed by atoms with Crippen molar-refractivity contribution in [3.8, 4) is 0 Å². The van der Waals surface area contributed by atoms with Gasteiger partial charge in [0.1, 0.15) is 5.82 Å². The fourth-order valence-electron chi connectivity index (χ4n) is 4.32. The van der Waals surface area contributed by atoms with Crippen LogP contribution in [0.4, 0.5) is 0 Å². The van der Waals surface area contributed by atoms with Crippen LogP contribution in [0.2, 0.25) is 0 Å². The van der Waals surface area contributed by atoms with Crippen molar-refractivity contribution in [1.29, 1.82) is 0 Å². The van der Waals surface area contributed by atoms with Gasteiger partial charge >= 0.3 is 0 Å². The van der Waals surface area contributed by atoms with E-state index in [1.54, 1.807) is 0 Å². The summed E-state index contributed by atoms with van der Waals surface area (Å²) in [5.41, 5.74) is 3.88. The molecular weight excluding hydrogens is 246 g/mol. The van der Waals surface area contributed by atoms with Crippen molar-refractivity contribution in [1.82, 2.24) is 14.9 Å². The van der Waals surface area contributed by atoms with Crippen molar-refractivity contribution in [3.05, 3.63) is 29.6 Å². The molecule has 2 bridgehead atoms. The zero-order valence-electron chi connectivity index (χ0n) is 12.0. The lowest BCUT2D eigenvalue weighted by Crippen LogP contribution is -2.23. The van der Waals surface area contributed by atoms with Crippen LogP contribution in [-0.4, -0.2) is 21.6 Å². The normalized spacial score (nSPS) is 32.4. The second-order valence-corrected chi connectivity index (χ2v) is 6.95. The van der Waals surface area contributed by atoms with Crippen LogP contribution >= 0.6 is 0 Å². The van der Waals surface area contributed by atoms with Gasteiger partial charge in [0.15, 0.2) is 0 Å². The van der Waals surface area contributed by atoms with Crippen molar-refractivity contribution < 1.29 is 0 Å². The molecule has 0 radical (unpaired) electrons. The number of rotatable bonds is 2. The molecule has 3 aliphatic rings. The monoisotopic (exact) mass is 267 g/mol. The maximum atomic E-state index is 5.06. The number of benzene rings is 1. The van der Waals surface area contributed by atoms with Crippen molar-refractivity contribution in [2.24, 2.45) is 0 Å². The molecule has 2 saturated heterocycles. The van der Waals surface area contributed by atoms with E-state index in [2.05, 4.69) is 35.0 Å². The summed E-state index contributed by atoms with van der Waals surface area (Å²) in [5.74, 6) is 2.01. The molecule has 0 amide bonds. The minimum atomic E-state index is 0.641. The fourth-order valence-corrected chi connectivity index (χ4v) is 4.32. The summed E-state index contributed by atoms with van der Waals surface area (Å²) < 4.78 is 2.57. The molecule has 3 heteroatoms. The van der Waals surface area contributed by atoms with Gasteiger partial charge in [0, 0.05) is 24.0 Å². The molecule has 3 unspecified atom stereocenters. The first-order chi connectivity index (χ1) is 9.79. The minimum absolute atomic E-state index is 0.641. The molecule has 1 aliphatic carbocycles. The van der Waals surface area contributed by atoms with E-state index in [4.69, 9.17) is 4.98 Å². The highest BCUT2D eigenvalue weighted by Crippen LogP contribution is 2.45. The molecule has 1 saturated carbocycles. The smallest absolute Gasteiger partial charge is 0.114 e. The first-order valence-corrected chi connectivity index (χ1v) is 8.04. The molecule has 3 atom stereocenters. The number of imidazole rings is 1. The fraction of sp³-hybridized carbons (Fsp3) is 0.588. The second-order valence-electron chi connectivity index (χ2n) is 6.95. The lowest BCUT2D eigenvalue weighted by molar-refractivity contribution is 0.470. The Morgan fingerprint density at radius 3 is 2.80 bits per heavy atom. The molecule has 2 aliphatic heterocycles. The molecule has 1 N–H and O–H groups in total. The number of aromatic nitrogens is 2. The Hall–Kier alpha value is -1.35. The average Bonchev–Trinajstić information content (AvgIpc) is 2.92. The van der Waals surface area contributed by atoms with Crippen LogP contribution in [0.15, 0.2) is 18.2 Å². The van der Waals surface area contributed by atoms with Gasteiger partial charge in [-0.25, -0.2) is 4.98 Å². The van der Waals surface area contributed by atoms with E-state index in [1.165, 1.54) is 54.5 Å². The largest absolute Gasteiger partial charge is 0.325 e. The summed E-state index contributed by atoms with van der Waals surface area (Å²) in [5, 5.41) is 3.77. The number of aryl methyl sites for hydroxylation is 1. The van der Waals surface area contributed by atoms with Crippen molar-refractivity contribution in [3.63, 3.8) is 0 Å². The van der Waals surface area contributed by atoms with Gasteiger partial charge in [-0.15, -0.1) is 0 Å². The molecule has 3 heterocycles. The lowest BCUT2D eigenvalue weighted by atomic mass is 9.88.